The Morgan fingerprint density at radius 3 is 1.54 bits per heavy atom. The summed E-state index contributed by atoms with van der Waals surface area (Å²) < 4.78 is 19.1. The molecule has 48 heavy (non-hydrogen) atoms. The van der Waals surface area contributed by atoms with Crippen LogP contribution >= 0.6 is 0 Å². The van der Waals surface area contributed by atoms with Gasteiger partial charge in [0.15, 0.2) is 16.6 Å². The second kappa shape index (κ2) is 13.1. The molecule has 0 aromatic heterocycles. The molecule has 274 valence electrons. The van der Waals surface area contributed by atoms with Crippen molar-refractivity contribution in [2.24, 2.45) is 33.5 Å². The van der Waals surface area contributed by atoms with Crippen LogP contribution in [0.2, 0.25) is 36.3 Å². The van der Waals surface area contributed by atoms with Gasteiger partial charge < -0.3 is 18.7 Å². The van der Waals surface area contributed by atoms with E-state index in [4.69, 9.17) is 13.6 Å². The molecule has 6 aliphatic rings. The van der Waals surface area contributed by atoms with E-state index in [9.17, 15) is 5.11 Å². The number of hydrogen-bond donors (Lipinski definition) is 1. The first-order valence-corrected chi connectivity index (χ1v) is 25.5. The van der Waals surface area contributed by atoms with Crippen LogP contribution in [0.3, 0.4) is 0 Å². The lowest BCUT2D eigenvalue weighted by Gasteiger charge is -2.49. The smallest absolute Gasteiger partial charge is 0.192 e. The van der Waals surface area contributed by atoms with Crippen molar-refractivity contribution in [3.05, 3.63) is 35.6 Å². The topological polar surface area (TPSA) is 47.9 Å². The number of rotatable bonds is 9. The maximum absolute atomic E-state index is 9.92. The fourth-order valence-electron chi connectivity index (χ4n) is 9.89. The lowest BCUT2D eigenvalue weighted by atomic mass is 9.62. The summed E-state index contributed by atoms with van der Waals surface area (Å²) in [5, 5.41) is 10.5. The number of aliphatic hydroxyl groups is 1. The molecule has 4 fully saturated rings. The molecule has 0 aromatic carbocycles. The van der Waals surface area contributed by atoms with Crippen molar-refractivity contribution in [2.75, 3.05) is 13.7 Å². The predicted molar refractivity (Wildman–Crippen MR) is 207 cm³/mol. The SMILES string of the molecule is CC(C)(C)[Si](C)(C)O[C@H]1CCC[C@]2(C)C(C3(CO)CC3)=CCC12.COC=CC1(C2=CCC3[C@@H](O[Si](C)(C)C(C)(C)C)CCC[C@]23C)CC1. The number of allylic oxidation sites excluding steroid dienone is 4. The fraction of sp³-hybridized carbons (Fsp3) is 0.857. The van der Waals surface area contributed by atoms with Gasteiger partial charge in [0.05, 0.1) is 20.0 Å². The average molecular weight is 699 g/mol. The van der Waals surface area contributed by atoms with Gasteiger partial charge in [-0.2, -0.15) is 0 Å². The highest BCUT2D eigenvalue weighted by molar-refractivity contribution is 6.74. The summed E-state index contributed by atoms with van der Waals surface area (Å²) in [6.07, 6.45) is 25.1. The zero-order valence-corrected chi connectivity index (χ0v) is 35.5. The van der Waals surface area contributed by atoms with E-state index in [1.54, 1.807) is 18.3 Å². The molecule has 2 unspecified atom stereocenters. The molecule has 0 heterocycles. The lowest BCUT2D eigenvalue weighted by Crippen LogP contribution is -2.50. The van der Waals surface area contributed by atoms with Gasteiger partial charge in [0, 0.05) is 23.0 Å². The third kappa shape index (κ3) is 6.94. The summed E-state index contributed by atoms with van der Waals surface area (Å²) in [4.78, 5) is 0. The minimum atomic E-state index is -1.72. The van der Waals surface area contributed by atoms with Crippen LogP contribution in [-0.2, 0) is 13.6 Å². The summed E-state index contributed by atoms with van der Waals surface area (Å²) in [5.74, 6) is 1.29. The molecule has 6 rings (SSSR count). The molecule has 1 N–H and O–H groups in total. The standard InChI is InChI=1S/C22H38O2Si.C20H36O2Si/c1-20(2,3)25(6,7)24-18-9-8-12-21(4)17(18)10-11-19(21)22(13-14-22)15-16-23-5;1-18(2,3)23(5,6)22-16-8-7-11-19(4)15(16)9-10-17(19)20(14-21)12-13-20/h11,15-18H,8-10,12-14H2,1-7H3;10,15-16,21H,7-9,11-14H2,1-6H3/t17?,18-,21-;15?,16-,19-/m00/s1. The van der Waals surface area contributed by atoms with E-state index in [1.807, 2.05) is 6.26 Å². The second-order valence-corrected chi connectivity index (χ2v) is 30.0. The first-order chi connectivity index (χ1) is 22.1. The van der Waals surface area contributed by atoms with E-state index < -0.39 is 16.6 Å². The van der Waals surface area contributed by atoms with Crippen molar-refractivity contribution in [3.8, 4) is 0 Å². The van der Waals surface area contributed by atoms with Crippen LogP contribution in [-0.4, -0.2) is 47.7 Å². The molecular weight excluding hydrogens is 625 g/mol. The zero-order chi connectivity index (χ0) is 35.6. The first kappa shape index (κ1) is 38.6. The number of hydrogen-bond acceptors (Lipinski definition) is 4. The molecule has 6 heteroatoms. The lowest BCUT2D eigenvalue weighted by molar-refractivity contribution is 0.0127. The van der Waals surface area contributed by atoms with Crippen molar-refractivity contribution >= 4 is 16.6 Å². The molecule has 0 aromatic rings. The quantitative estimate of drug-likeness (QED) is 0.148. The summed E-state index contributed by atoms with van der Waals surface area (Å²) >= 11 is 0. The summed E-state index contributed by atoms with van der Waals surface area (Å²) in [5.41, 5.74) is 4.30. The van der Waals surface area contributed by atoms with Crippen molar-refractivity contribution in [1.29, 1.82) is 0 Å². The Hall–Kier alpha value is -0.666. The zero-order valence-electron chi connectivity index (χ0n) is 33.5. The molecule has 0 bridgehead atoms. The van der Waals surface area contributed by atoms with E-state index in [1.165, 1.54) is 70.6 Å². The summed E-state index contributed by atoms with van der Waals surface area (Å²) in [6.45, 7) is 29.0. The van der Waals surface area contributed by atoms with Gasteiger partial charge in [0.2, 0.25) is 0 Å². The Morgan fingerprint density at radius 1 is 0.729 bits per heavy atom. The van der Waals surface area contributed by atoms with Crippen LogP contribution in [0, 0.1) is 33.5 Å². The predicted octanol–water partition coefficient (Wildman–Crippen LogP) is 11.7. The summed E-state index contributed by atoms with van der Waals surface area (Å²) in [6, 6.07) is 0. The minimum Gasteiger partial charge on any atom is -0.505 e. The molecule has 6 atom stereocenters. The van der Waals surface area contributed by atoms with Crippen LogP contribution in [0.15, 0.2) is 35.6 Å². The molecule has 0 radical (unpaired) electrons. The van der Waals surface area contributed by atoms with Gasteiger partial charge in [0.1, 0.15) is 0 Å². The number of aliphatic hydroxyl groups excluding tert-OH is 1. The number of fused-ring (bicyclic) bond motifs is 2. The Labute approximate surface area is 298 Å². The monoisotopic (exact) mass is 699 g/mol. The molecule has 6 aliphatic carbocycles. The molecule has 0 spiro atoms. The van der Waals surface area contributed by atoms with E-state index in [0.29, 0.717) is 41.5 Å². The first-order valence-electron chi connectivity index (χ1n) is 19.7. The van der Waals surface area contributed by atoms with Crippen LogP contribution in [0.5, 0.6) is 0 Å². The van der Waals surface area contributed by atoms with Crippen molar-refractivity contribution in [1.82, 2.24) is 0 Å². The maximum Gasteiger partial charge on any atom is 0.192 e. The van der Waals surface area contributed by atoms with Crippen molar-refractivity contribution in [3.63, 3.8) is 0 Å². The van der Waals surface area contributed by atoms with Crippen LogP contribution in [0.25, 0.3) is 0 Å². The third-order valence-corrected chi connectivity index (χ3v) is 24.4. The fourth-order valence-corrected chi connectivity index (χ4v) is 12.7. The van der Waals surface area contributed by atoms with E-state index in [-0.39, 0.29) is 20.9 Å². The van der Waals surface area contributed by atoms with Crippen LogP contribution in [0.4, 0.5) is 0 Å². The van der Waals surface area contributed by atoms with Crippen LogP contribution < -0.4 is 0 Å². The second-order valence-electron chi connectivity index (χ2n) is 20.5. The molecule has 4 saturated carbocycles. The molecule has 0 amide bonds. The molecule has 4 nitrogen and oxygen atoms in total. The molecule has 0 aliphatic heterocycles. The van der Waals surface area contributed by atoms with Gasteiger partial charge in [-0.1, -0.05) is 91.5 Å². The summed E-state index contributed by atoms with van der Waals surface area (Å²) in [7, 11) is -1.68. The normalized spacial score (nSPS) is 35.6. The van der Waals surface area contributed by atoms with Crippen molar-refractivity contribution < 1.29 is 18.7 Å². The highest BCUT2D eigenvalue weighted by Gasteiger charge is 2.59. The molecule has 0 saturated heterocycles. The van der Waals surface area contributed by atoms with Gasteiger partial charge in [-0.05, 0) is 129 Å². The highest BCUT2D eigenvalue weighted by atomic mass is 28.4. The van der Waals surface area contributed by atoms with Gasteiger partial charge >= 0.3 is 0 Å². The van der Waals surface area contributed by atoms with Gasteiger partial charge in [-0.15, -0.1) is 0 Å². The van der Waals surface area contributed by atoms with Gasteiger partial charge in [0.25, 0.3) is 0 Å². The number of ether oxygens (including phenoxy) is 1. The molecular formula is C42H74O4Si2. The van der Waals surface area contributed by atoms with Crippen LogP contribution in [0.1, 0.15) is 132 Å². The number of methoxy groups -OCH3 is 1. The van der Waals surface area contributed by atoms with Gasteiger partial charge in [-0.25, -0.2) is 0 Å². The highest BCUT2D eigenvalue weighted by Crippen LogP contribution is 2.67. The average Bonchev–Trinajstić information content (AvgIpc) is 3.88. The van der Waals surface area contributed by atoms with E-state index in [0.717, 1.165) is 6.42 Å². The van der Waals surface area contributed by atoms with Gasteiger partial charge in [-0.3, -0.25) is 0 Å². The third-order valence-electron chi connectivity index (χ3n) is 15.4. The maximum atomic E-state index is 9.92. The van der Waals surface area contributed by atoms with E-state index >= 15 is 0 Å². The Bertz CT molecular complexity index is 1260. The minimum absolute atomic E-state index is 0.141. The van der Waals surface area contributed by atoms with Crippen molar-refractivity contribution in [2.45, 2.75) is 181 Å². The Balaban J connectivity index is 0.000000188. The van der Waals surface area contributed by atoms with E-state index in [2.05, 4.69) is 99.8 Å². The Morgan fingerprint density at radius 2 is 1.17 bits per heavy atom. The Kier molecular flexibility index (Phi) is 10.5. The largest absolute Gasteiger partial charge is 0.505 e.